The summed E-state index contributed by atoms with van der Waals surface area (Å²) in [6.07, 6.45) is 2.28. The molecule has 0 aliphatic carbocycles. The summed E-state index contributed by atoms with van der Waals surface area (Å²) in [5.74, 6) is 0.501. The van der Waals surface area contributed by atoms with Crippen molar-refractivity contribution in [2.45, 2.75) is 25.3 Å². The Morgan fingerprint density at radius 1 is 1.26 bits per heavy atom. The smallest absolute Gasteiger partial charge is 0.328 e. The zero-order chi connectivity index (χ0) is 13.3. The average molecular weight is 267 g/mol. The molecule has 5 heteroatoms. The minimum atomic E-state index is -0.366. The Labute approximate surface area is 115 Å². The van der Waals surface area contributed by atoms with Gasteiger partial charge in [0.15, 0.2) is 0 Å². The second kappa shape index (κ2) is 5.38. The van der Waals surface area contributed by atoms with E-state index < -0.39 is 0 Å². The topological polar surface area (TPSA) is 44.8 Å². The Morgan fingerprint density at radius 3 is 2.47 bits per heavy atom. The summed E-state index contributed by atoms with van der Waals surface area (Å²) in [7, 11) is 0. The SMILES string of the molecule is CCOC(=O)C1(N2CCNCC2)CN2CCC1CC2. The third-order valence-electron chi connectivity index (χ3n) is 5.04. The summed E-state index contributed by atoms with van der Waals surface area (Å²) in [6, 6.07) is 0. The average Bonchev–Trinajstić information content (AvgIpc) is 2.49. The molecule has 2 bridgehead atoms. The second-order valence-electron chi connectivity index (χ2n) is 5.93. The Bertz CT molecular complexity index is 336. The largest absolute Gasteiger partial charge is 0.465 e. The van der Waals surface area contributed by atoms with Crippen LogP contribution in [0.4, 0.5) is 0 Å². The van der Waals surface area contributed by atoms with Crippen LogP contribution in [0, 0.1) is 5.92 Å². The summed E-state index contributed by atoms with van der Waals surface area (Å²) in [5, 5.41) is 3.38. The minimum Gasteiger partial charge on any atom is -0.465 e. The van der Waals surface area contributed by atoms with E-state index in [1.807, 2.05) is 6.92 Å². The number of esters is 1. The Balaban J connectivity index is 1.88. The van der Waals surface area contributed by atoms with Crippen LogP contribution in [-0.4, -0.2) is 73.7 Å². The molecule has 0 aromatic heterocycles. The van der Waals surface area contributed by atoms with Crippen molar-refractivity contribution in [3.8, 4) is 0 Å². The van der Waals surface area contributed by atoms with Gasteiger partial charge in [-0.1, -0.05) is 0 Å². The quantitative estimate of drug-likeness (QED) is 0.725. The first-order valence-corrected chi connectivity index (χ1v) is 7.62. The van der Waals surface area contributed by atoms with Crippen molar-refractivity contribution in [3.63, 3.8) is 0 Å². The van der Waals surface area contributed by atoms with E-state index in [0.717, 1.165) is 58.7 Å². The van der Waals surface area contributed by atoms with E-state index in [1.165, 1.54) is 0 Å². The first kappa shape index (κ1) is 13.3. The molecule has 108 valence electrons. The van der Waals surface area contributed by atoms with E-state index in [4.69, 9.17) is 4.74 Å². The third kappa shape index (κ3) is 2.18. The highest BCUT2D eigenvalue weighted by molar-refractivity contribution is 5.82. The van der Waals surface area contributed by atoms with Crippen LogP contribution in [-0.2, 0) is 9.53 Å². The standard InChI is InChI=1S/C14H25N3O2/c1-2-19-13(18)14(17-9-5-15-6-10-17)11-16-7-3-12(14)4-8-16/h12,15H,2-11H2,1H3. The van der Waals surface area contributed by atoms with E-state index in [2.05, 4.69) is 15.1 Å². The molecule has 0 aromatic rings. The number of carbonyl (C=O) groups excluding carboxylic acids is 1. The number of rotatable bonds is 3. The van der Waals surface area contributed by atoms with Crippen LogP contribution < -0.4 is 5.32 Å². The predicted octanol–water partition coefficient (Wildman–Crippen LogP) is -0.0809. The molecule has 0 spiro atoms. The molecule has 0 aromatic carbocycles. The van der Waals surface area contributed by atoms with Crippen LogP contribution in [0.25, 0.3) is 0 Å². The van der Waals surface area contributed by atoms with E-state index >= 15 is 0 Å². The van der Waals surface area contributed by atoms with Crippen LogP contribution in [0.1, 0.15) is 19.8 Å². The molecule has 4 fully saturated rings. The van der Waals surface area contributed by atoms with Gasteiger partial charge in [-0.2, -0.15) is 0 Å². The lowest BCUT2D eigenvalue weighted by Crippen LogP contribution is -2.73. The van der Waals surface area contributed by atoms with Gasteiger partial charge in [-0.05, 0) is 38.8 Å². The van der Waals surface area contributed by atoms with Crippen molar-refractivity contribution in [2.75, 3.05) is 52.4 Å². The van der Waals surface area contributed by atoms with Gasteiger partial charge in [-0.3, -0.25) is 4.90 Å². The van der Waals surface area contributed by atoms with Crippen LogP contribution in [0.15, 0.2) is 0 Å². The third-order valence-corrected chi connectivity index (χ3v) is 5.04. The maximum atomic E-state index is 12.7. The highest BCUT2D eigenvalue weighted by Crippen LogP contribution is 2.40. The van der Waals surface area contributed by atoms with Crippen LogP contribution >= 0.6 is 0 Å². The fraction of sp³-hybridized carbons (Fsp3) is 0.929. The molecule has 1 N–H and O–H groups in total. The minimum absolute atomic E-state index is 0.0197. The Hall–Kier alpha value is -0.650. The highest BCUT2D eigenvalue weighted by atomic mass is 16.5. The summed E-state index contributed by atoms with van der Waals surface area (Å²) < 4.78 is 5.46. The van der Waals surface area contributed by atoms with E-state index in [-0.39, 0.29) is 11.5 Å². The molecule has 1 atom stereocenters. The molecule has 0 saturated carbocycles. The number of piperidine rings is 3. The first-order valence-electron chi connectivity index (χ1n) is 7.62. The van der Waals surface area contributed by atoms with Gasteiger partial charge in [0, 0.05) is 32.7 Å². The molecule has 1 unspecified atom stereocenters. The molecule has 4 rings (SSSR count). The maximum absolute atomic E-state index is 12.7. The highest BCUT2D eigenvalue weighted by Gasteiger charge is 2.56. The molecule has 19 heavy (non-hydrogen) atoms. The van der Waals surface area contributed by atoms with E-state index in [9.17, 15) is 4.79 Å². The summed E-state index contributed by atoms with van der Waals surface area (Å²) in [5.41, 5.74) is -0.366. The number of carbonyl (C=O) groups is 1. The second-order valence-corrected chi connectivity index (χ2v) is 5.93. The van der Waals surface area contributed by atoms with Gasteiger partial charge in [0.25, 0.3) is 0 Å². The van der Waals surface area contributed by atoms with Crippen molar-refractivity contribution in [3.05, 3.63) is 0 Å². The van der Waals surface area contributed by atoms with Gasteiger partial charge in [0.2, 0.25) is 0 Å². The number of fused-ring (bicyclic) bond motifs is 3. The molecule has 4 aliphatic heterocycles. The molecule has 4 heterocycles. The number of nitrogens with one attached hydrogen (secondary N) is 1. The normalized spacial score (nSPS) is 39.2. The summed E-state index contributed by atoms with van der Waals surface area (Å²) >= 11 is 0. The van der Waals surface area contributed by atoms with Gasteiger partial charge in [-0.15, -0.1) is 0 Å². The monoisotopic (exact) mass is 267 g/mol. The molecule has 0 amide bonds. The molecule has 0 radical (unpaired) electrons. The van der Waals surface area contributed by atoms with Crippen molar-refractivity contribution in [1.82, 2.24) is 15.1 Å². The van der Waals surface area contributed by atoms with Crippen LogP contribution in [0.2, 0.25) is 0 Å². The molecule has 4 aliphatic rings. The number of piperazine rings is 1. The number of hydrogen-bond acceptors (Lipinski definition) is 5. The molecule has 4 saturated heterocycles. The Morgan fingerprint density at radius 2 is 1.95 bits per heavy atom. The number of ether oxygens (including phenoxy) is 1. The fourth-order valence-electron chi connectivity index (χ4n) is 4.08. The van der Waals surface area contributed by atoms with Crippen molar-refractivity contribution < 1.29 is 9.53 Å². The van der Waals surface area contributed by atoms with E-state index in [1.54, 1.807) is 0 Å². The zero-order valence-corrected chi connectivity index (χ0v) is 11.9. The van der Waals surface area contributed by atoms with E-state index in [0.29, 0.717) is 12.5 Å². The lowest BCUT2D eigenvalue weighted by atomic mass is 9.71. The van der Waals surface area contributed by atoms with Gasteiger partial charge in [0.05, 0.1) is 6.61 Å². The molecule has 5 nitrogen and oxygen atoms in total. The van der Waals surface area contributed by atoms with Gasteiger partial charge < -0.3 is 15.0 Å². The molecular formula is C14H25N3O2. The fourth-order valence-corrected chi connectivity index (χ4v) is 4.08. The number of nitrogens with zero attached hydrogens (tertiary/aromatic N) is 2. The molecular weight excluding hydrogens is 242 g/mol. The number of hydrogen-bond donors (Lipinski definition) is 1. The zero-order valence-electron chi connectivity index (χ0n) is 11.9. The van der Waals surface area contributed by atoms with Crippen LogP contribution in [0.5, 0.6) is 0 Å². The lowest BCUT2D eigenvalue weighted by Gasteiger charge is -2.56. The van der Waals surface area contributed by atoms with Gasteiger partial charge >= 0.3 is 5.97 Å². The lowest BCUT2D eigenvalue weighted by molar-refractivity contribution is -0.174. The van der Waals surface area contributed by atoms with Gasteiger partial charge in [-0.25, -0.2) is 4.79 Å². The van der Waals surface area contributed by atoms with Crippen LogP contribution in [0.3, 0.4) is 0 Å². The summed E-state index contributed by atoms with van der Waals surface area (Å²) in [6.45, 7) is 9.45. The Kier molecular flexibility index (Phi) is 3.78. The first-order chi connectivity index (χ1) is 9.27. The summed E-state index contributed by atoms with van der Waals surface area (Å²) in [4.78, 5) is 17.5. The van der Waals surface area contributed by atoms with Crippen molar-refractivity contribution in [1.29, 1.82) is 0 Å². The van der Waals surface area contributed by atoms with Gasteiger partial charge in [0.1, 0.15) is 5.54 Å². The van der Waals surface area contributed by atoms with Crippen molar-refractivity contribution in [2.24, 2.45) is 5.92 Å². The van der Waals surface area contributed by atoms with Crippen molar-refractivity contribution >= 4 is 5.97 Å². The predicted molar refractivity (Wildman–Crippen MR) is 73.0 cm³/mol. The maximum Gasteiger partial charge on any atom is 0.328 e.